The average Bonchev–Trinajstić information content (AvgIpc) is 2.88. The van der Waals surface area contributed by atoms with Crippen LogP contribution in [-0.4, -0.2) is 58.4 Å². The van der Waals surface area contributed by atoms with E-state index in [0.717, 1.165) is 51.3 Å². The highest BCUT2D eigenvalue weighted by Gasteiger charge is 2.22. The van der Waals surface area contributed by atoms with Crippen molar-refractivity contribution in [1.82, 2.24) is 19.8 Å². The Morgan fingerprint density at radius 2 is 2.28 bits per heavy atom. The van der Waals surface area contributed by atoms with Gasteiger partial charge in [0.05, 0.1) is 6.54 Å². The van der Waals surface area contributed by atoms with Crippen molar-refractivity contribution in [3.63, 3.8) is 0 Å². The van der Waals surface area contributed by atoms with Crippen molar-refractivity contribution in [3.8, 4) is 0 Å². The Morgan fingerprint density at radius 3 is 2.94 bits per heavy atom. The molecule has 1 aliphatic heterocycles. The van der Waals surface area contributed by atoms with E-state index in [1.54, 1.807) is 6.20 Å². The van der Waals surface area contributed by atoms with Gasteiger partial charge in [0, 0.05) is 45.0 Å². The SMILES string of the molecule is CCCCN1CCN(CCc2ncc[nH]2)CC1=O. The van der Waals surface area contributed by atoms with E-state index >= 15 is 0 Å². The third-order valence-electron chi connectivity index (χ3n) is 3.40. The first kappa shape index (κ1) is 13.1. The summed E-state index contributed by atoms with van der Waals surface area (Å²) in [6, 6.07) is 0. The van der Waals surface area contributed by atoms with E-state index in [4.69, 9.17) is 0 Å². The third-order valence-corrected chi connectivity index (χ3v) is 3.40. The van der Waals surface area contributed by atoms with Gasteiger partial charge in [0.15, 0.2) is 0 Å². The van der Waals surface area contributed by atoms with Crippen LogP contribution in [0.2, 0.25) is 0 Å². The number of H-pyrrole nitrogens is 1. The van der Waals surface area contributed by atoms with Gasteiger partial charge in [0.1, 0.15) is 5.82 Å². The topological polar surface area (TPSA) is 52.2 Å². The maximum atomic E-state index is 11.9. The lowest BCUT2D eigenvalue weighted by atomic mass is 10.2. The van der Waals surface area contributed by atoms with Gasteiger partial charge >= 0.3 is 0 Å². The van der Waals surface area contributed by atoms with E-state index in [0.29, 0.717) is 6.54 Å². The molecule has 100 valence electrons. The van der Waals surface area contributed by atoms with Gasteiger partial charge in [0.2, 0.25) is 5.91 Å². The average molecular weight is 250 g/mol. The van der Waals surface area contributed by atoms with Crippen LogP contribution in [0.3, 0.4) is 0 Å². The molecule has 1 fully saturated rings. The van der Waals surface area contributed by atoms with Crippen molar-refractivity contribution in [2.75, 3.05) is 32.7 Å². The number of nitrogens with one attached hydrogen (secondary N) is 1. The van der Waals surface area contributed by atoms with Gasteiger partial charge in [-0.25, -0.2) is 4.98 Å². The van der Waals surface area contributed by atoms with E-state index in [1.165, 1.54) is 0 Å². The fourth-order valence-electron chi connectivity index (χ4n) is 2.23. The van der Waals surface area contributed by atoms with Crippen LogP contribution in [0.5, 0.6) is 0 Å². The van der Waals surface area contributed by atoms with E-state index < -0.39 is 0 Å². The van der Waals surface area contributed by atoms with Crippen molar-refractivity contribution >= 4 is 5.91 Å². The molecular formula is C13H22N4O. The van der Waals surface area contributed by atoms with Gasteiger partial charge in [-0.2, -0.15) is 0 Å². The minimum absolute atomic E-state index is 0.272. The first-order valence-electron chi connectivity index (χ1n) is 6.78. The highest BCUT2D eigenvalue weighted by molar-refractivity contribution is 5.79. The second kappa shape index (κ2) is 6.54. The zero-order chi connectivity index (χ0) is 12.8. The standard InChI is InChI=1S/C13H22N4O/c1-2-3-7-17-10-9-16(11-13(17)18)8-4-12-14-5-6-15-12/h5-6H,2-4,7-11H2,1H3,(H,14,15). The minimum Gasteiger partial charge on any atom is -0.349 e. The Kier molecular flexibility index (Phi) is 4.75. The van der Waals surface area contributed by atoms with E-state index in [-0.39, 0.29) is 5.91 Å². The lowest BCUT2D eigenvalue weighted by Gasteiger charge is -2.34. The summed E-state index contributed by atoms with van der Waals surface area (Å²) in [5, 5.41) is 0. The van der Waals surface area contributed by atoms with Crippen molar-refractivity contribution in [2.45, 2.75) is 26.2 Å². The fourth-order valence-corrected chi connectivity index (χ4v) is 2.23. The molecule has 1 N–H and O–H groups in total. The summed E-state index contributed by atoms with van der Waals surface area (Å²) in [6.45, 7) is 6.39. The van der Waals surface area contributed by atoms with Crippen molar-refractivity contribution in [2.24, 2.45) is 0 Å². The fraction of sp³-hybridized carbons (Fsp3) is 0.692. The number of carbonyl (C=O) groups is 1. The van der Waals surface area contributed by atoms with Crippen molar-refractivity contribution in [3.05, 3.63) is 18.2 Å². The Bertz CT molecular complexity index is 363. The first-order chi connectivity index (χ1) is 8.79. The summed E-state index contributed by atoms with van der Waals surface area (Å²) in [5.41, 5.74) is 0. The molecule has 1 saturated heterocycles. The monoisotopic (exact) mass is 250 g/mol. The summed E-state index contributed by atoms with van der Waals surface area (Å²) in [5.74, 6) is 1.27. The molecular weight excluding hydrogens is 228 g/mol. The largest absolute Gasteiger partial charge is 0.349 e. The van der Waals surface area contributed by atoms with E-state index in [9.17, 15) is 4.79 Å². The van der Waals surface area contributed by atoms with Crippen LogP contribution in [0.25, 0.3) is 0 Å². The van der Waals surface area contributed by atoms with Crippen LogP contribution >= 0.6 is 0 Å². The molecule has 0 spiro atoms. The Morgan fingerprint density at radius 1 is 1.39 bits per heavy atom. The molecule has 1 amide bonds. The van der Waals surface area contributed by atoms with E-state index in [2.05, 4.69) is 21.8 Å². The molecule has 0 aliphatic carbocycles. The predicted molar refractivity (Wildman–Crippen MR) is 70.2 cm³/mol. The summed E-state index contributed by atoms with van der Waals surface area (Å²) >= 11 is 0. The van der Waals surface area contributed by atoms with Crippen LogP contribution in [-0.2, 0) is 11.2 Å². The Labute approximate surface area is 108 Å². The predicted octanol–water partition coefficient (Wildman–Crippen LogP) is 0.896. The molecule has 1 aromatic heterocycles. The van der Waals surface area contributed by atoms with Crippen LogP contribution < -0.4 is 0 Å². The van der Waals surface area contributed by atoms with Gasteiger partial charge in [-0.1, -0.05) is 13.3 Å². The summed E-state index contributed by atoms with van der Waals surface area (Å²) < 4.78 is 0. The molecule has 5 nitrogen and oxygen atoms in total. The number of nitrogens with zero attached hydrogens (tertiary/aromatic N) is 3. The zero-order valence-corrected chi connectivity index (χ0v) is 11.1. The van der Waals surface area contributed by atoms with Crippen LogP contribution in [0.1, 0.15) is 25.6 Å². The second-order valence-corrected chi connectivity index (χ2v) is 4.80. The number of aromatic amines is 1. The van der Waals surface area contributed by atoms with Crippen LogP contribution in [0.15, 0.2) is 12.4 Å². The molecule has 0 aromatic carbocycles. The number of piperazine rings is 1. The number of carbonyl (C=O) groups excluding carboxylic acids is 1. The molecule has 0 saturated carbocycles. The van der Waals surface area contributed by atoms with Crippen LogP contribution in [0.4, 0.5) is 0 Å². The highest BCUT2D eigenvalue weighted by atomic mass is 16.2. The molecule has 18 heavy (non-hydrogen) atoms. The van der Waals surface area contributed by atoms with Gasteiger partial charge < -0.3 is 9.88 Å². The number of rotatable bonds is 6. The second-order valence-electron chi connectivity index (χ2n) is 4.80. The molecule has 0 bridgehead atoms. The molecule has 0 radical (unpaired) electrons. The van der Waals surface area contributed by atoms with Crippen molar-refractivity contribution < 1.29 is 4.79 Å². The van der Waals surface area contributed by atoms with Gasteiger partial charge in [-0.3, -0.25) is 9.69 Å². The molecule has 5 heteroatoms. The molecule has 2 rings (SSSR count). The number of imidazole rings is 1. The maximum absolute atomic E-state index is 11.9. The van der Waals surface area contributed by atoms with Crippen LogP contribution in [0, 0.1) is 0 Å². The summed E-state index contributed by atoms with van der Waals surface area (Å²) in [4.78, 5) is 23.4. The Hall–Kier alpha value is -1.36. The number of amides is 1. The Balaban J connectivity index is 1.72. The number of hydrogen-bond acceptors (Lipinski definition) is 3. The molecule has 0 unspecified atom stereocenters. The van der Waals surface area contributed by atoms with Gasteiger partial charge in [-0.05, 0) is 6.42 Å². The summed E-state index contributed by atoms with van der Waals surface area (Å²) in [7, 11) is 0. The first-order valence-corrected chi connectivity index (χ1v) is 6.78. The highest BCUT2D eigenvalue weighted by Crippen LogP contribution is 2.06. The molecule has 1 aromatic rings. The minimum atomic E-state index is 0.272. The lowest BCUT2D eigenvalue weighted by Crippen LogP contribution is -2.50. The van der Waals surface area contributed by atoms with E-state index in [1.807, 2.05) is 11.1 Å². The lowest BCUT2D eigenvalue weighted by molar-refractivity contribution is -0.136. The molecule has 2 heterocycles. The smallest absolute Gasteiger partial charge is 0.236 e. The summed E-state index contributed by atoms with van der Waals surface area (Å²) in [6.07, 6.45) is 6.74. The quantitative estimate of drug-likeness (QED) is 0.816. The molecule has 0 atom stereocenters. The normalized spacial score (nSPS) is 17.4. The van der Waals surface area contributed by atoms with Gasteiger partial charge in [0.25, 0.3) is 0 Å². The van der Waals surface area contributed by atoms with Gasteiger partial charge in [-0.15, -0.1) is 0 Å². The maximum Gasteiger partial charge on any atom is 0.236 e. The number of hydrogen-bond donors (Lipinski definition) is 1. The third kappa shape index (κ3) is 3.57. The molecule has 1 aliphatic rings. The zero-order valence-electron chi connectivity index (χ0n) is 11.1. The number of aromatic nitrogens is 2. The van der Waals surface area contributed by atoms with Crippen molar-refractivity contribution in [1.29, 1.82) is 0 Å². The number of unbranched alkanes of at least 4 members (excludes halogenated alkanes) is 1.